The van der Waals surface area contributed by atoms with Gasteiger partial charge in [0.2, 0.25) is 0 Å². The zero-order chi connectivity index (χ0) is 24.9. The molecule has 0 saturated carbocycles. The molecule has 1 heterocycles. The highest BCUT2D eigenvalue weighted by Crippen LogP contribution is 2.40. The van der Waals surface area contributed by atoms with Gasteiger partial charge in [-0.15, -0.1) is 0 Å². The van der Waals surface area contributed by atoms with E-state index in [-0.39, 0.29) is 33.7 Å². The quantitative estimate of drug-likeness (QED) is 0.299. The van der Waals surface area contributed by atoms with Crippen LogP contribution in [0.25, 0.3) is 16.7 Å². The van der Waals surface area contributed by atoms with Crippen LogP contribution < -0.4 is 0 Å². The maximum Gasteiger partial charge on any atom is 0.167 e. The highest BCUT2D eigenvalue weighted by atomic mass is 19.2. The first-order valence-electron chi connectivity index (χ1n) is 11.5. The van der Waals surface area contributed by atoms with Crippen LogP contribution in [-0.4, -0.2) is 11.7 Å². The lowest BCUT2D eigenvalue weighted by Crippen LogP contribution is -2.09. The summed E-state index contributed by atoms with van der Waals surface area (Å²) in [5.74, 6) is -5.05. The molecule has 3 aromatic carbocycles. The highest BCUT2D eigenvalue weighted by Gasteiger charge is 2.31. The lowest BCUT2D eigenvalue weighted by Gasteiger charge is -2.24. The summed E-state index contributed by atoms with van der Waals surface area (Å²) in [7, 11) is 0. The minimum absolute atomic E-state index is 0.0431. The molecule has 1 fully saturated rings. The van der Waals surface area contributed by atoms with Gasteiger partial charge in [0.15, 0.2) is 23.3 Å². The minimum Gasteiger partial charge on any atom is -0.389 e. The Kier molecular flexibility index (Phi) is 6.23. The number of aliphatic hydroxyl groups excluding tert-OH is 1. The van der Waals surface area contributed by atoms with Gasteiger partial charge in [-0.05, 0) is 54.9 Å². The van der Waals surface area contributed by atoms with Crippen LogP contribution in [0.2, 0.25) is 0 Å². The molecular weight excluding hydrogens is 463 g/mol. The van der Waals surface area contributed by atoms with E-state index in [9.17, 15) is 27.1 Å². The van der Waals surface area contributed by atoms with E-state index in [0.717, 1.165) is 5.57 Å². The summed E-state index contributed by atoms with van der Waals surface area (Å²) in [6.45, 7) is 1.71. The normalized spacial score (nSPS) is 20.5. The van der Waals surface area contributed by atoms with Gasteiger partial charge in [0.05, 0.1) is 12.7 Å². The smallest absolute Gasteiger partial charge is 0.167 e. The predicted molar refractivity (Wildman–Crippen MR) is 122 cm³/mol. The molecule has 1 saturated heterocycles. The van der Waals surface area contributed by atoms with Crippen molar-refractivity contribution in [2.24, 2.45) is 0 Å². The van der Waals surface area contributed by atoms with Crippen molar-refractivity contribution < 1.29 is 31.8 Å². The van der Waals surface area contributed by atoms with Crippen LogP contribution in [0.4, 0.5) is 22.0 Å². The van der Waals surface area contributed by atoms with Crippen LogP contribution in [0.3, 0.4) is 0 Å². The van der Waals surface area contributed by atoms with Gasteiger partial charge in [0.1, 0.15) is 11.9 Å². The third-order valence-electron chi connectivity index (χ3n) is 6.87. The largest absolute Gasteiger partial charge is 0.389 e. The van der Waals surface area contributed by atoms with Crippen molar-refractivity contribution in [3.05, 3.63) is 99.9 Å². The summed E-state index contributed by atoms with van der Waals surface area (Å²) in [4.78, 5) is 0. The van der Waals surface area contributed by atoms with Crippen molar-refractivity contribution in [2.45, 2.75) is 44.3 Å². The first kappa shape index (κ1) is 23.7. The second-order valence-corrected chi connectivity index (χ2v) is 9.10. The molecule has 1 aliphatic carbocycles. The first-order chi connectivity index (χ1) is 16.8. The van der Waals surface area contributed by atoms with Crippen molar-refractivity contribution in [3.8, 4) is 11.1 Å². The molecule has 1 N–H and O–H groups in total. The number of epoxide rings is 1. The Morgan fingerprint density at radius 2 is 1.54 bits per heavy atom. The van der Waals surface area contributed by atoms with Gasteiger partial charge < -0.3 is 9.84 Å². The molecule has 0 radical (unpaired) electrons. The lowest BCUT2D eigenvalue weighted by atomic mass is 9.82. The molecule has 0 amide bonds. The number of benzene rings is 3. The van der Waals surface area contributed by atoms with E-state index in [2.05, 4.69) is 0 Å². The molecule has 0 aromatic heterocycles. The molecule has 35 heavy (non-hydrogen) atoms. The SMILES string of the molecule is CC(O)c1ccc(C2CC=C(c3ccc(-c4ccc(C5CO5)c(F)c4F)c(F)c3)CC2)c(F)c1F. The summed E-state index contributed by atoms with van der Waals surface area (Å²) in [6, 6.07) is 10.0. The zero-order valence-electron chi connectivity index (χ0n) is 18.9. The van der Waals surface area contributed by atoms with Gasteiger partial charge in [-0.2, -0.15) is 0 Å². The predicted octanol–water partition coefficient (Wildman–Crippen LogP) is 7.52. The molecule has 2 nitrogen and oxygen atoms in total. The topological polar surface area (TPSA) is 32.8 Å². The fourth-order valence-electron chi connectivity index (χ4n) is 4.78. The van der Waals surface area contributed by atoms with Crippen LogP contribution in [0.15, 0.2) is 48.5 Å². The van der Waals surface area contributed by atoms with Gasteiger partial charge in [-0.25, -0.2) is 22.0 Å². The van der Waals surface area contributed by atoms with E-state index in [4.69, 9.17) is 4.74 Å². The van der Waals surface area contributed by atoms with Gasteiger partial charge in [-0.3, -0.25) is 0 Å². The Hall–Kier alpha value is -3.03. The van der Waals surface area contributed by atoms with Crippen molar-refractivity contribution in [3.63, 3.8) is 0 Å². The summed E-state index contributed by atoms with van der Waals surface area (Å²) >= 11 is 0. The van der Waals surface area contributed by atoms with Crippen molar-refractivity contribution in [2.75, 3.05) is 6.61 Å². The van der Waals surface area contributed by atoms with E-state index < -0.39 is 41.3 Å². The number of rotatable bonds is 5. The van der Waals surface area contributed by atoms with Crippen LogP contribution in [0, 0.1) is 29.1 Å². The molecule has 3 unspecified atom stereocenters. The Labute approximate surface area is 199 Å². The molecule has 7 heteroatoms. The molecule has 0 bridgehead atoms. The second kappa shape index (κ2) is 9.21. The third-order valence-corrected chi connectivity index (χ3v) is 6.87. The number of ether oxygens (including phenoxy) is 1. The van der Waals surface area contributed by atoms with Gasteiger partial charge >= 0.3 is 0 Å². The summed E-state index contributed by atoms with van der Waals surface area (Å²) in [6.07, 6.45) is 1.80. The number of hydrogen-bond acceptors (Lipinski definition) is 2. The molecule has 182 valence electrons. The Morgan fingerprint density at radius 1 is 0.857 bits per heavy atom. The minimum atomic E-state index is -1.11. The second-order valence-electron chi connectivity index (χ2n) is 9.10. The summed E-state index contributed by atoms with van der Waals surface area (Å²) < 4.78 is 77.9. The van der Waals surface area contributed by atoms with E-state index in [1.54, 1.807) is 6.07 Å². The first-order valence-corrected chi connectivity index (χ1v) is 11.5. The number of allylic oxidation sites excluding steroid dienone is 2. The number of aliphatic hydroxyl groups is 1. The Balaban J connectivity index is 1.37. The lowest BCUT2D eigenvalue weighted by molar-refractivity contribution is 0.192. The third kappa shape index (κ3) is 4.39. The van der Waals surface area contributed by atoms with Crippen molar-refractivity contribution in [1.29, 1.82) is 0 Å². The average molecular weight is 486 g/mol. The van der Waals surface area contributed by atoms with Crippen molar-refractivity contribution >= 4 is 5.57 Å². The highest BCUT2D eigenvalue weighted by molar-refractivity contribution is 5.72. The fourth-order valence-corrected chi connectivity index (χ4v) is 4.78. The molecule has 2 aliphatic rings. The number of hydrogen-bond donors (Lipinski definition) is 1. The maximum atomic E-state index is 15.0. The summed E-state index contributed by atoms with van der Waals surface area (Å²) in [5, 5.41) is 9.58. The van der Waals surface area contributed by atoms with E-state index in [0.29, 0.717) is 31.4 Å². The molecular formula is C28H23F5O2. The molecule has 3 aromatic rings. The standard InChI is InChI=1S/C28H23F5O2/c1-14(34)18-8-9-19(26(31)25(18)30)16-4-2-15(3-5-16)17-6-7-20(23(29)12-17)21-10-11-22(24-13-35-24)28(33)27(21)32/h2,6-12,14,16,24,34H,3-5,13H2,1H3. The van der Waals surface area contributed by atoms with Crippen LogP contribution in [-0.2, 0) is 4.74 Å². The van der Waals surface area contributed by atoms with E-state index in [1.165, 1.54) is 43.3 Å². The van der Waals surface area contributed by atoms with Gasteiger partial charge in [-0.1, -0.05) is 42.5 Å². The summed E-state index contributed by atoms with van der Waals surface area (Å²) in [5.41, 5.74) is 1.54. The molecule has 5 rings (SSSR count). The molecule has 1 aliphatic heterocycles. The van der Waals surface area contributed by atoms with Crippen LogP contribution in [0.1, 0.15) is 66.6 Å². The van der Waals surface area contributed by atoms with Crippen molar-refractivity contribution in [1.82, 2.24) is 0 Å². The average Bonchev–Trinajstić information content (AvgIpc) is 3.68. The Bertz CT molecular complexity index is 1330. The van der Waals surface area contributed by atoms with Gasteiger partial charge in [0, 0.05) is 22.3 Å². The fraction of sp³-hybridized carbons (Fsp3) is 0.286. The zero-order valence-corrected chi connectivity index (χ0v) is 18.9. The molecule has 0 spiro atoms. The van der Waals surface area contributed by atoms with E-state index >= 15 is 0 Å². The van der Waals surface area contributed by atoms with E-state index in [1.807, 2.05) is 6.08 Å². The number of halogens is 5. The monoisotopic (exact) mass is 486 g/mol. The van der Waals surface area contributed by atoms with Crippen LogP contribution in [0.5, 0.6) is 0 Å². The Morgan fingerprint density at radius 3 is 2.17 bits per heavy atom. The van der Waals surface area contributed by atoms with Gasteiger partial charge in [0.25, 0.3) is 0 Å². The molecule has 3 atom stereocenters. The maximum absolute atomic E-state index is 15.0. The van der Waals surface area contributed by atoms with Crippen LogP contribution >= 0.6 is 0 Å².